The van der Waals surface area contributed by atoms with E-state index in [0.29, 0.717) is 0 Å². The lowest BCUT2D eigenvalue weighted by Gasteiger charge is -2.34. The van der Waals surface area contributed by atoms with Gasteiger partial charge in [0, 0.05) is 6.04 Å². The number of benzene rings is 1. The molecule has 1 amide bonds. The zero-order chi connectivity index (χ0) is 10.8. The molecule has 0 radical (unpaired) electrons. The van der Waals surface area contributed by atoms with Crippen molar-refractivity contribution in [2.45, 2.75) is 32.2 Å². The molecule has 1 aliphatic heterocycles. The van der Waals surface area contributed by atoms with Crippen molar-refractivity contribution >= 4 is 11.8 Å². The molecule has 0 fully saturated rings. The van der Waals surface area contributed by atoms with Crippen molar-refractivity contribution < 1.29 is 9.90 Å². The Balaban J connectivity index is 2.43. The number of rotatable bonds is 1. The first-order chi connectivity index (χ1) is 7.24. The highest BCUT2D eigenvalue weighted by molar-refractivity contribution is 5.88. The number of anilines is 1. The summed E-state index contributed by atoms with van der Waals surface area (Å²) in [5, 5.41) is 9.21. The van der Waals surface area contributed by atoms with Crippen LogP contribution in [0.25, 0.3) is 0 Å². The van der Waals surface area contributed by atoms with Gasteiger partial charge >= 0.3 is 6.09 Å². The Morgan fingerprint density at radius 3 is 2.93 bits per heavy atom. The maximum Gasteiger partial charge on any atom is 0.412 e. The zero-order valence-electron chi connectivity index (χ0n) is 8.81. The van der Waals surface area contributed by atoms with Crippen LogP contribution in [0.2, 0.25) is 0 Å². The number of para-hydroxylation sites is 1. The van der Waals surface area contributed by atoms with Crippen molar-refractivity contribution in [3.8, 4) is 0 Å². The molecule has 1 aromatic carbocycles. The molecule has 1 heterocycles. The number of hydrogen-bond donors (Lipinski definition) is 1. The van der Waals surface area contributed by atoms with Gasteiger partial charge in [-0.3, -0.25) is 4.90 Å². The van der Waals surface area contributed by atoms with Crippen LogP contribution < -0.4 is 4.90 Å². The summed E-state index contributed by atoms with van der Waals surface area (Å²) in [5.74, 6) is 0. The first kappa shape index (κ1) is 10.0. The molecule has 1 atom stereocenters. The fraction of sp³-hybridized carbons (Fsp3) is 0.417. The van der Waals surface area contributed by atoms with Crippen LogP contribution in [0, 0.1) is 0 Å². The monoisotopic (exact) mass is 205 g/mol. The molecule has 0 aliphatic carbocycles. The van der Waals surface area contributed by atoms with Crippen LogP contribution in [0.15, 0.2) is 24.3 Å². The summed E-state index contributed by atoms with van der Waals surface area (Å²) in [7, 11) is 0. The van der Waals surface area contributed by atoms with Gasteiger partial charge in [-0.2, -0.15) is 0 Å². The maximum absolute atomic E-state index is 11.2. The fourth-order valence-electron chi connectivity index (χ4n) is 2.25. The molecule has 0 aromatic heterocycles. The van der Waals surface area contributed by atoms with Crippen LogP contribution in [0.1, 0.15) is 25.3 Å². The molecule has 1 unspecified atom stereocenters. The summed E-state index contributed by atoms with van der Waals surface area (Å²) in [5.41, 5.74) is 2.01. The lowest BCUT2D eigenvalue weighted by Crippen LogP contribution is -2.42. The molecular weight excluding hydrogens is 190 g/mol. The number of carbonyl (C=O) groups is 1. The highest BCUT2D eigenvalue weighted by Crippen LogP contribution is 2.31. The lowest BCUT2D eigenvalue weighted by molar-refractivity contribution is 0.197. The summed E-state index contributed by atoms with van der Waals surface area (Å²) < 4.78 is 0. The Morgan fingerprint density at radius 2 is 2.27 bits per heavy atom. The predicted octanol–water partition coefficient (Wildman–Crippen LogP) is 2.90. The minimum atomic E-state index is -0.839. The molecule has 0 spiro atoms. The Hall–Kier alpha value is -1.51. The number of carboxylic acid groups (broad SMARTS) is 1. The number of amides is 1. The van der Waals surface area contributed by atoms with Gasteiger partial charge in [0.25, 0.3) is 0 Å². The molecule has 3 heteroatoms. The molecule has 2 rings (SSSR count). The number of fused-ring (bicyclic) bond motifs is 1. The van der Waals surface area contributed by atoms with E-state index in [4.69, 9.17) is 0 Å². The summed E-state index contributed by atoms with van der Waals surface area (Å²) >= 11 is 0. The van der Waals surface area contributed by atoms with Crippen molar-refractivity contribution in [1.29, 1.82) is 0 Å². The molecule has 1 aromatic rings. The molecule has 1 aliphatic rings. The van der Waals surface area contributed by atoms with Crippen molar-refractivity contribution in [2.75, 3.05) is 4.90 Å². The SMILES string of the molecule is CCC1CCc2ccccc2N1C(=O)O. The van der Waals surface area contributed by atoms with Crippen LogP contribution >= 0.6 is 0 Å². The summed E-state index contributed by atoms with van der Waals surface area (Å²) in [4.78, 5) is 12.7. The third kappa shape index (κ3) is 1.69. The smallest absolute Gasteiger partial charge is 0.412 e. The van der Waals surface area contributed by atoms with Crippen molar-refractivity contribution in [1.82, 2.24) is 0 Å². The number of nitrogens with zero attached hydrogens (tertiary/aromatic N) is 1. The third-order valence-electron chi connectivity index (χ3n) is 3.04. The van der Waals surface area contributed by atoms with Crippen molar-refractivity contribution in [2.24, 2.45) is 0 Å². The lowest BCUT2D eigenvalue weighted by atomic mass is 9.95. The van der Waals surface area contributed by atoms with Gasteiger partial charge < -0.3 is 5.11 Å². The standard InChI is InChI=1S/C12H15NO2/c1-2-10-8-7-9-5-3-4-6-11(9)13(10)12(14)15/h3-6,10H,2,7-8H2,1H3,(H,14,15). The average molecular weight is 205 g/mol. The third-order valence-corrected chi connectivity index (χ3v) is 3.04. The van der Waals surface area contributed by atoms with Gasteiger partial charge in [0.05, 0.1) is 5.69 Å². The highest BCUT2D eigenvalue weighted by atomic mass is 16.4. The number of aryl methyl sites for hydroxylation is 1. The first-order valence-corrected chi connectivity index (χ1v) is 5.34. The summed E-state index contributed by atoms with van der Waals surface area (Å²) in [6.07, 6.45) is 1.95. The van der Waals surface area contributed by atoms with E-state index in [1.54, 1.807) is 0 Å². The van der Waals surface area contributed by atoms with E-state index in [2.05, 4.69) is 0 Å². The Kier molecular flexibility index (Phi) is 2.62. The van der Waals surface area contributed by atoms with Crippen LogP contribution in [0.3, 0.4) is 0 Å². The molecule has 15 heavy (non-hydrogen) atoms. The predicted molar refractivity (Wildman–Crippen MR) is 59.3 cm³/mol. The second-order valence-corrected chi connectivity index (χ2v) is 3.88. The second kappa shape index (κ2) is 3.93. The van der Waals surface area contributed by atoms with Crippen LogP contribution in [0.5, 0.6) is 0 Å². The van der Waals surface area contributed by atoms with E-state index in [1.165, 1.54) is 4.90 Å². The largest absolute Gasteiger partial charge is 0.465 e. The van der Waals surface area contributed by atoms with Gasteiger partial charge in [-0.15, -0.1) is 0 Å². The van der Waals surface area contributed by atoms with Gasteiger partial charge in [0.1, 0.15) is 0 Å². The molecule has 0 saturated heterocycles. The Labute approximate surface area is 89.3 Å². The van der Waals surface area contributed by atoms with E-state index >= 15 is 0 Å². The van der Waals surface area contributed by atoms with E-state index < -0.39 is 6.09 Å². The van der Waals surface area contributed by atoms with Gasteiger partial charge in [-0.25, -0.2) is 4.79 Å². The average Bonchev–Trinajstić information content (AvgIpc) is 2.27. The van der Waals surface area contributed by atoms with E-state index in [1.807, 2.05) is 31.2 Å². The van der Waals surface area contributed by atoms with Crippen molar-refractivity contribution in [3.63, 3.8) is 0 Å². The van der Waals surface area contributed by atoms with Crippen LogP contribution in [-0.4, -0.2) is 17.2 Å². The Bertz CT molecular complexity index is 376. The molecule has 0 saturated carbocycles. The molecular formula is C12H15NO2. The highest BCUT2D eigenvalue weighted by Gasteiger charge is 2.29. The molecule has 3 nitrogen and oxygen atoms in total. The normalized spacial score (nSPS) is 19.8. The molecule has 80 valence electrons. The number of hydrogen-bond acceptors (Lipinski definition) is 1. The van der Waals surface area contributed by atoms with E-state index in [0.717, 1.165) is 30.5 Å². The van der Waals surface area contributed by atoms with Crippen molar-refractivity contribution in [3.05, 3.63) is 29.8 Å². The minimum Gasteiger partial charge on any atom is -0.465 e. The summed E-state index contributed by atoms with van der Waals surface area (Å²) in [6.45, 7) is 2.04. The zero-order valence-corrected chi connectivity index (χ0v) is 8.81. The maximum atomic E-state index is 11.2. The van der Waals surface area contributed by atoms with Gasteiger partial charge in [0.15, 0.2) is 0 Å². The van der Waals surface area contributed by atoms with Crippen LogP contribution in [0.4, 0.5) is 10.5 Å². The van der Waals surface area contributed by atoms with Gasteiger partial charge in [0.2, 0.25) is 0 Å². The topological polar surface area (TPSA) is 40.5 Å². The second-order valence-electron chi connectivity index (χ2n) is 3.88. The van der Waals surface area contributed by atoms with Gasteiger partial charge in [-0.1, -0.05) is 25.1 Å². The molecule has 1 N–H and O–H groups in total. The Morgan fingerprint density at radius 1 is 1.53 bits per heavy atom. The summed E-state index contributed by atoms with van der Waals surface area (Å²) in [6, 6.07) is 7.90. The quantitative estimate of drug-likeness (QED) is 0.765. The minimum absolute atomic E-state index is 0.136. The van der Waals surface area contributed by atoms with E-state index in [9.17, 15) is 9.90 Å². The van der Waals surface area contributed by atoms with Crippen LogP contribution in [-0.2, 0) is 6.42 Å². The molecule has 0 bridgehead atoms. The fourth-order valence-corrected chi connectivity index (χ4v) is 2.25. The first-order valence-electron chi connectivity index (χ1n) is 5.34. The van der Waals surface area contributed by atoms with Gasteiger partial charge in [-0.05, 0) is 30.9 Å². The van der Waals surface area contributed by atoms with E-state index in [-0.39, 0.29) is 6.04 Å².